The first-order valence-corrected chi connectivity index (χ1v) is 7.87. The van der Waals surface area contributed by atoms with Gasteiger partial charge < -0.3 is 5.32 Å². The maximum absolute atomic E-state index is 3.70. The highest BCUT2D eigenvalue weighted by atomic mass is 79.9. The number of rotatable bonds is 7. The highest BCUT2D eigenvalue weighted by molar-refractivity contribution is 9.10. The molecule has 0 fully saturated rings. The number of hydrogen-bond donors (Lipinski definition) is 1. The average molecular weight is 312 g/mol. The summed E-state index contributed by atoms with van der Waals surface area (Å²) in [5.74, 6) is 0.762. The zero-order chi connectivity index (χ0) is 13.5. The van der Waals surface area contributed by atoms with Crippen LogP contribution in [0.5, 0.6) is 0 Å². The van der Waals surface area contributed by atoms with Crippen LogP contribution >= 0.6 is 15.9 Å². The molecule has 1 rings (SSSR count). The summed E-state index contributed by atoms with van der Waals surface area (Å²) in [5, 5.41) is 3.70. The van der Waals surface area contributed by atoms with E-state index < -0.39 is 0 Å². The third kappa shape index (κ3) is 4.74. The normalized spacial score (nSPS) is 14.5. The third-order valence-corrected chi connectivity index (χ3v) is 4.09. The van der Waals surface area contributed by atoms with Gasteiger partial charge in [0.1, 0.15) is 0 Å². The molecule has 0 aliphatic rings. The molecular formula is C16H26BrN. The summed E-state index contributed by atoms with van der Waals surface area (Å²) in [6, 6.07) is 7.08. The van der Waals surface area contributed by atoms with E-state index in [0.29, 0.717) is 6.04 Å². The van der Waals surface area contributed by atoms with E-state index in [2.05, 4.69) is 67.1 Å². The minimum Gasteiger partial charge on any atom is -0.310 e. The predicted molar refractivity (Wildman–Crippen MR) is 84.0 cm³/mol. The molecule has 1 aromatic rings. The van der Waals surface area contributed by atoms with E-state index in [9.17, 15) is 0 Å². The monoisotopic (exact) mass is 311 g/mol. The Kier molecular flexibility index (Phi) is 6.95. The molecule has 0 radical (unpaired) electrons. The lowest BCUT2D eigenvalue weighted by molar-refractivity contribution is 0.401. The van der Waals surface area contributed by atoms with E-state index in [4.69, 9.17) is 0 Å². The van der Waals surface area contributed by atoms with Gasteiger partial charge in [0.25, 0.3) is 0 Å². The van der Waals surface area contributed by atoms with Gasteiger partial charge in [0, 0.05) is 10.5 Å². The molecule has 0 amide bonds. The third-order valence-electron chi connectivity index (χ3n) is 3.59. The lowest BCUT2D eigenvalue weighted by Crippen LogP contribution is -2.24. The van der Waals surface area contributed by atoms with Crippen molar-refractivity contribution in [2.24, 2.45) is 5.92 Å². The van der Waals surface area contributed by atoms with Gasteiger partial charge in [0.15, 0.2) is 0 Å². The van der Waals surface area contributed by atoms with Crippen LogP contribution in [-0.4, -0.2) is 6.54 Å². The highest BCUT2D eigenvalue weighted by Gasteiger charge is 2.16. The Hall–Kier alpha value is -0.340. The van der Waals surface area contributed by atoms with Gasteiger partial charge in [-0.15, -0.1) is 0 Å². The predicted octanol–water partition coefficient (Wildman–Crippen LogP) is 5.23. The van der Waals surface area contributed by atoms with Crippen LogP contribution in [0.1, 0.15) is 57.2 Å². The summed E-state index contributed by atoms with van der Waals surface area (Å²) in [7, 11) is 0. The number of hydrogen-bond acceptors (Lipinski definition) is 1. The Morgan fingerprint density at radius 3 is 2.61 bits per heavy atom. The summed E-state index contributed by atoms with van der Waals surface area (Å²) < 4.78 is 1.18. The number of nitrogens with one attached hydrogen (secondary N) is 1. The average Bonchev–Trinajstić information content (AvgIpc) is 2.37. The van der Waals surface area contributed by atoms with Crippen LogP contribution in [0.4, 0.5) is 0 Å². The topological polar surface area (TPSA) is 12.0 Å². The largest absolute Gasteiger partial charge is 0.310 e. The first kappa shape index (κ1) is 15.7. The Morgan fingerprint density at radius 2 is 2.00 bits per heavy atom. The minimum absolute atomic E-state index is 0.484. The van der Waals surface area contributed by atoms with Crippen LogP contribution in [0, 0.1) is 12.8 Å². The van der Waals surface area contributed by atoms with E-state index in [1.807, 2.05) is 0 Å². The fourth-order valence-corrected chi connectivity index (χ4v) is 2.57. The van der Waals surface area contributed by atoms with Gasteiger partial charge >= 0.3 is 0 Å². The molecule has 2 heteroatoms. The molecular weight excluding hydrogens is 286 g/mol. The Balaban J connectivity index is 2.89. The molecule has 1 aromatic carbocycles. The fraction of sp³-hybridized carbons (Fsp3) is 0.625. The van der Waals surface area contributed by atoms with Gasteiger partial charge in [-0.3, -0.25) is 0 Å². The molecule has 0 spiro atoms. The maximum Gasteiger partial charge on any atom is 0.0325 e. The Bertz CT molecular complexity index is 362. The van der Waals surface area contributed by atoms with Gasteiger partial charge in [0.05, 0.1) is 0 Å². The Labute approximate surface area is 120 Å². The molecule has 18 heavy (non-hydrogen) atoms. The molecule has 2 unspecified atom stereocenters. The minimum atomic E-state index is 0.484. The van der Waals surface area contributed by atoms with Gasteiger partial charge in [-0.1, -0.05) is 49.2 Å². The molecule has 0 aromatic heterocycles. The van der Waals surface area contributed by atoms with Crippen molar-refractivity contribution in [2.75, 3.05) is 6.54 Å². The summed E-state index contributed by atoms with van der Waals surface area (Å²) in [5.41, 5.74) is 2.83. The second-order valence-electron chi connectivity index (χ2n) is 5.26. The van der Waals surface area contributed by atoms with Crippen LogP contribution in [-0.2, 0) is 0 Å². The van der Waals surface area contributed by atoms with Crippen LogP contribution in [0.2, 0.25) is 0 Å². The maximum atomic E-state index is 3.70. The van der Waals surface area contributed by atoms with Crippen molar-refractivity contribution in [1.29, 1.82) is 0 Å². The van der Waals surface area contributed by atoms with Gasteiger partial charge in [0.2, 0.25) is 0 Å². The zero-order valence-corrected chi connectivity index (χ0v) is 13.7. The number of halogens is 1. The Morgan fingerprint density at radius 1 is 1.28 bits per heavy atom. The standard InChI is InChI=1S/C16H26BrN/c1-5-9-18-16(10-12(3)6-2)15-11-14(17)8-7-13(15)4/h7-8,11-12,16,18H,5-6,9-10H2,1-4H3. The molecule has 0 saturated heterocycles. The highest BCUT2D eigenvalue weighted by Crippen LogP contribution is 2.28. The number of aryl methyl sites for hydroxylation is 1. The van der Waals surface area contributed by atoms with E-state index in [1.165, 1.54) is 34.9 Å². The van der Waals surface area contributed by atoms with E-state index in [0.717, 1.165) is 12.5 Å². The summed E-state index contributed by atoms with van der Waals surface area (Å²) in [6.07, 6.45) is 3.65. The second kappa shape index (κ2) is 7.96. The zero-order valence-electron chi connectivity index (χ0n) is 12.1. The summed E-state index contributed by atoms with van der Waals surface area (Å²) in [4.78, 5) is 0. The van der Waals surface area contributed by atoms with Crippen molar-refractivity contribution < 1.29 is 0 Å². The summed E-state index contributed by atoms with van der Waals surface area (Å²) in [6.45, 7) is 10.1. The van der Waals surface area contributed by atoms with Crippen molar-refractivity contribution in [1.82, 2.24) is 5.32 Å². The lowest BCUT2D eigenvalue weighted by Gasteiger charge is -2.24. The molecule has 1 N–H and O–H groups in total. The van der Waals surface area contributed by atoms with Crippen LogP contribution < -0.4 is 5.32 Å². The fourth-order valence-electron chi connectivity index (χ4n) is 2.19. The molecule has 0 aliphatic carbocycles. The van der Waals surface area contributed by atoms with E-state index >= 15 is 0 Å². The second-order valence-corrected chi connectivity index (χ2v) is 6.17. The lowest BCUT2D eigenvalue weighted by atomic mass is 9.92. The van der Waals surface area contributed by atoms with Gasteiger partial charge in [-0.2, -0.15) is 0 Å². The molecule has 0 heterocycles. The molecule has 0 saturated carbocycles. The number of benzene rings is 1. The van der Waals surface area contributed by atoms with Gasteiger partial charge in [-0.05, 0) is 55.5 Å². The molecule has 1 nitrogen and oxygen atoms in total. The first-order chi connectivity index (χ1) is 8.58. The van der Waals surface area contributed by atoms with Crippen molar-refractivity contribution in [3.05, 3.63) is 33.8 Å². The van der Waals surface area contributed by atoms with Crippen molar-refractivity contribution in [3.8, 4) is 0 Å². The van der Waals surface area contributed by atoms with Crippen LogP contribution in [0.3, 0.4) is 0 Å². The first-order valence-electron chi connectivity index (χ1n) is 7.07. The van der Waals surface area contributed by atoms with Crippen molar-refractivity contribution in [3.63, 3.8) is 0 Å². The van der Waals surface area contributed by atoms with Crippen molar-refractivity contribution in [2.45, 2.75) is 53.0 Å². The van der Waals surface area contributed by atoms with E-state index in [1.54, 1.807) is 0 Å². The summed E-state index contributed by atoms with van der Waals surface area (Å²) >= 11 is 3.59. The SMILES string of the molecule is CCCNC(CC(C)CC)c1cc(Br)ccc1C. The van der Waals surface area contributed by atoms with Crippen LogP contribution in [0.15, 0.2) is 22.7 Å². The molecule has 2 atom stereocenters. The van der Waals surface area contributed by atoms with Crippen LogP contribution in [0.25, 0.3) is 0 Å². The quantitative estimate of drug-likeness (QED) is 0.726. The smallest absolute Gasteiger partial charge is 0.0325 e. The van der Waals surface area contributed by atoms with Crippen molar-refractivity contribution >= 4 is 15.9 Å². The molecule has 0 aliphatic heterocycles. The molecule has 102 valence electrons. The van der Waals surface area contributed by atoms with Gasteiger partial charge in [-0.25, -0.2) is 0 Å². The molecule has 0 bridgehead atoms. The van der Waals surface area contributed by atoms with E-state index in [-0.39, 0.29) is 0 Å².